The maximum Gasteiger partial charge on any atom is 0.00387 e. The van der Waals surface area contributed by atoms with Gasteiger partial charge in [0.2, 0.25) is 0 Å². The molecule has 1 heteroatoms. The molecule has 74 valence electrons. The summed E-state index contributed by atoms with van der Waals surface area (Å²) in [6, 6.07) is 0.704. The third-order valence-electron chi connectivity index (χ3n) is 2.63. The second-order valence-electron chi connectivity index (χ2n) is 3.78. The minimum atomic E-state index is 0.704. The van der Waals surface area contributed by atoms with E-state index in [-0.39, 0.29) is 0 Å². The zero-order valence-electron chi connectivity index (χ0n) is 9.19. The van der Waals surface area contributed by atoms with Gasteiger partial charge in [-0.3, -0.25) is 0 Å². The molecule has 0 heterocycles. The van der Waals surface area contributed by atoms with Crippen LogP contribution >= 0.6 is 0 Å². The average molecular weight is 171 g/mol. The Balaban J connectivity index is 3.37. The van der Waals surface area contributed by atoms with E-state index < -0.39 is 0 Å². The second kappa shape index (κ2) is 7.60. The Morgan fingerprint density at radius 3 is 2.08 bits per heavy atom. The zero-order valence-corrected chi connectivity index (χ0v) is 9.19. The molecule has 12 heavy (non-hydrogen) atoms. The van der Waals surface area contributed by atoms with Crippen molar-refractivity contribution in [2.75, 3.05) is 6.54 Å². The van der Waals surface area contributed by atoms with Crippen LogP contribution in [0.25, 0.3) is 0 Å². The quantitative estimate of drug-likeness (QED) is 0.620. The summed E-state index contributed by atoms with van der Waals surface area (Å²) >= 11 is 0. The molecular weight excluding hydrogens is 146 g/mol. The van der Waals surface area contributed by atoms with Crippen molar-refractivity contribution < 1.29 is 0 Å². The molecule has 1 N–H and O–H groups in total. The fourth-order valence-corrected chi connectivity index (χ4v) is 1.48. The molecule has 0 fully saturated rings. The Bertz CT molecular complexity index is 87.0. The van der Waals surface area contributed by atoms with Crippen LogP contribution in [-0.4, -0.2) is 12.6 Å². The lowest BCUT2D eigenvalue weighted by molar-refractivity contribution is 0.406. The molecular formula is C11H25N. The van der Waals surface area contributed by atoms with Gasteiger partial charge in [0, 0.05) is 6.04 Å². The van der Waals surface area contributed by atoms with E-state index in [1.807, 2.05) is 0 Å². The van der Waals surface area contributed by atoms with Gasteiger partial charge in [0.1, 0.15) is 0 Å². The largest absolute Gasteiger partial charge is 0.314 e. The van der Waals surface area contributed by atoms with Gasteiger partial charge in [-0.15, -0.1) is 0 Å². The van der Waals surface area contributed by atoms with Gasteiger partial charge >= 0.3 is 0 Å². The molecule has 0 rings (SSSR count). The SMILES string of the molecule is CCC[C@@H](C)NCC(CC)CC. The summed E-state index contributed by atoms with van der Waals surface area (Å²) in [5.41, 5.74) is 0. The van der Waals surface area contributed by atoms with Crippen LogP contribution in [0.3, 0.4) is 0 Å². The van der Waals surface area contributed by atoms with Gasteiger partial charge in [-0.05, 0) is 25.8 Å². The van der Waals surface area contributed by atoms with Gasteiger partial charge in [0.05, 0.1) is 0 Å². The van der Waals surface area contributed by atoms with Crippen molar-refractivity contribution in [2.45, 2.75) is 59.4 Å². The number of rotatable bonds is 7. The summed E-state index contributed by atoms with van der Waals surface area (Å²) in [7, 11) is 0. The highest BCUT2D eigenvalue weighted by Gasteiger charge is 2.04. The van der Waals surface area contributed by atoms with Crippen LogP contribution < -0.4 is 5.32 Å². The first-order valence-electron chi connectivity index (χ1n) is 5.47. The molecule has 1 nitrogen and oxygen atoms in total. The molecule has 0 saturated carbocycles. The molecule has 0 bridgehead atoms. The van der Waals surface area contributed by atoms with E-state index in [0.717, 1.165) is 5.92 Å². The molecule has 1 atom stereocenters. The molecule has 0 saturated heterocycles. The van der Waals surface area contributed by atoms with Crippen molar-refractivity contribution in [3.05, 3.63) is 0 Å². The Morgan fingerprint density at radius 1 is 1.08 bits per heavy atom. The van der Waals surface area contributed by atoms with Gasteiger partial charge in [0.25, 0.3) is 0 Å². The first-order valence-corrected chi connectivity index (χ1v) is 5.47. The Hall–Kier alpha value is -0.0400. The summed E-state index contributed by atoms with van der Waals surface area (Å²) in [5, 5.41) is 3.59. The monoisotopic (exact) mass is 171 g/mol. The minimum Gasteiger partial charge on any atom is -0.314 e. The highest BCUT2D eigenvalue weighted by Crippen LogP contribution is 2.06. The predicted octanol–water partition coefficient (Wildman–Crippen LogP) is 3.20. The van der Waals surface area contributed by atoms with Crippen molar-refractivity contribution >= 4 is 0 Å². The summed E-state index contributed by atoms with van der Waals surface area (Å²) in [4.78, 5) is 0. The van der Waals surface area contributed by atoms with Gasteiger partial charge < -0.3 is 5.32 Å². The molecule has 0 amide bonds. The third kappa shape index (κ3) is 5.59. The van der Waals surface area contributed by atoms with Crippen molar-refractivity contribution in [3.63, 3.8) is 0 Å². The molecule has 0 aliphatic heterocycles. The van der Waals surface area contributed by atoms with E-state index in [4.69, 9.17) is 0 Å². The van der Waals surface area contributed by atoms with E-state index in [2.05, 4.69) is 33.0 Å². The fraction of sp³-hybridized carbons (Fsp3) is 1.00. The highest BCUT2D eigenvalue weighted by molar-refractivity contribution is 4.64. The van der Waals surface area contributed by atoms with Gasteiger partial charge in [-0.25, -0.2) is 0 Å². The van der Waals surface area contributed by atoms with E-state index in [0.29, 0.717) is 6.04 Å². The van der Waals surface area contributed by atoms with Crippen LogP contribution in [0.15, 0.2) is 0 Å². The summed E-state index contributed by atoms with van der Waals surface area (Å²) in [6.45, 7) is 10.3. The van der Waals surface area contributed by atoms with E-state index in [1.165, 1.54) is 32.2 Å². The number of hydrogen-bond donors (Lipinski definition) is 1. The fourth-order valence-electron chi connectivity index (χ4n) is 1.48. The van der Waals surface area contributed by atoms with Gasteiger partial charge in [0.15, 0.2) is 0 Å². The zero-order chi connectivity index (χ0) is 9.40. The molecule has 0 radical (unpaired) electrons. The normalized spacial score (nSPS) is 13.8. The maximum atomic E-state index is 3.59. The van der Waals surface area contributed by atoms with Crippen LogP contribution in [0.1, 0.15) is 53.4 Å². The molecule has 0 unspecified atom stereocenters. The van der Waals surface area contributed by atoms with Crippen LogP contribution in [-0.2, 0) is 0 Å². The molecule has 0 aromatic rings. The van der Waals surface area contributed by atoms with Gasteiger partial charge in [-0.1, -0.05) is 40.0 Å². The van der Waals surface area contributed by atoms with E-state index in [9.17, 15) is 0 Å². The predicted molar refractivity (Wildman–Crippen MR) is 56.4 cm³/mol. The summed E-state index contributed by atoms with van der Waals surface area (Å²) in [5.74, 6) is 0.879. The third-order valence-corrected chi connectivity index (χ3v) is 2.63. The smallest absolute Gasteiger partial charge is 0.00387 e. The standard InChI is InChI=1S/C11H25N/c1-5-8-10(4)12-9-11(6-2)7-3/h10-12H,5-9H2,1-4H3/t10-/m1/s1. The molecule has 0 aliphatic rings. The van der Waals surface area contributed by atoms with Crippen LogP contribution in [0.4, 0.5) is 0 Å². The van der Waals surface area contributed by atoms with Crippen LogP contribution in [0.5, 0.6) is 0 Å². The lowest BCUT2D eigenvalue weighted by Crippen LogP contribution is -2.30. The van der Waals surface area contributed by atoms with Crippen LogP contribution in [0.2, 0.25) is 0 Å². The first kappa shape index (κ1) is 12.0. The van der Waals surface area contributed by atoms with Crippen molar-refractivity contribution in [1.29, 1.82) is 0 Å². The summed E-state index contributed by atoms with van der Waals surface area (Å²) in [6.07, 6.45) is 5.21. The Kier molecular flexibility index (Phi) is 7.58. The highest BCUT2D eigenvalue weighted by atomic mass is 14.9. The van der Waals surface area contributed by atoms with Crippen LogP contribution in [0, 0.1) is 5.92 Å². The molecule has 0 aliphatic carbocycles. The van der Waals surface area contributed by atoms with E-state index in [1.54, 1.807) is 0 Å². The minimum absolute atomic E-state index is 0.704. The van der Waals surface area contributed by atoms with E-state index >= 15 is 0 Å². The Labute approximate surface area is 77.9 Å². The van der Waals surface area contributed by atoms with Crippen molar-refractivity contribution in [1.82, 2.24) is 5.32 Å². The number of hydrogen-bond acceptors (Lipinski definition) is 1. The Morgan fingerprint density at radius 2 is 1.67 bits per heavy atom. The lowest BCUT2D eigenvalue weighted by atomic mass is 10.0. The molecule has 0 spiro atoms. The molecule has 0 aromatic heterocycles. The summed E-state index contributed by atoms with van der Waals surface area (Å²) < 4.78 is 0. The van der Waals surface area contributed by atoms with Crippen molar-refractivity contribution in [3.8, 4) is 0 Å². The topological polar surface area (TPSA) is 12.0 Å². The van der Waals surface area contributed by atoms with Gasteiger partial charge in [-0.2, -0.15) is 0 Å². The maximum absolute atomic E-state index is 3.59. The van der Waals surface area contributed by atoms with Crippen molar-refractivity contribution in [2.24, 2.45) is 5.92 Å². The average Bonchev–Trinajstić information content (AvgIpc) is 2.07. The second-order valence-corrected chi connectivity index (χ2v) is 3.78. The first-order chi connectivity index (χ1) is 5.74. The lowest BCUT2D eigenvalue weighted by Gasteiger charge is -2.17. The molecule has 0 aromatic carbocycles. The number of nitrogens with one attached hydrogen (secondary N) is 1.